The molecule has 2 aromatic heterocycles. The smallest absolute Gasteiger partial charge is 0.413 e. The highest BCUT2D eigenvalue weighted by Gasteiger charge is 2.46. The van der Waals surface area contributed by atoms with Gasteiger partial charge in [-0.1, -0.05) is 5.11 Å². The molecule has 0 bridgehead atoms. The molecule has 0 spiro atoms. The van der Waals surface area contributed by atoms with Crippen molar-refractivity contribution in [1.82, 2.24) is 19.5 Å². The summed E-state index contributed by atoms with van der Waals surface area (Å²) in [5, 5.41) is 16.7. The second-order valence-electron chi connectivity index (χ2n) is 9.26. The fraction of sp³-hybridized carbons (Fsp3) is 0.636. The normalized spacial score (nSPS) is 20.7. The van der Waals surface area contributed by atoms with Crippen molar-refractivity contribution in [3.8, 4) is 0 Å². The van der Waals surface area contributed by atoms with Crippen molar-refractivity contribution in [2.75, 3.05) is 25.1 Å². The minimum Gasteiger partial charge on any atom is -0.464 e. The molecule has 4 atom stereocenters. The van der Waals surface area contributed by atoms with Crippen molar-refractivity contribution in [2.24, 2.45) is 5.11 Å². The minimum absolute atomic E-state index is 0.00935. The highest BCUT2D eigenvalue weighted by atomic mass is 35.5. The van der Waals surface area contributed by atoms with Gasteiger partial charge in [0, 0.05) is 4.91 Å². The zero-order valence-corrected chi connectivity index (χ0v) is 23.1. The van der Waals surface area contributed by atoms with Gasteiger partial charge in [0.05, 0.1) is 32.3 Å². The SMILES string of the molecule is CCOC(=O)C(OC[C@H]1O[C@@H](n2cnc3c(NC(=O)OC(C)(C)C)nc(Cl)nc32)C(N=[N+]=[N-])[C@@H]1O)C(=O)OCC. The topological polar surface area (TPSA) is 222 Å². The van der Waals surface area contributed by atoms with E-state index in [-0.39, 0.29) is 35.5 Å². The van der Waals surface area contributed by atoms with E-state index >= 15 is 0 Å². The number of hydrogen-bond donors (Lipinski definition) is 2. The monoisotopic (exact) mass is 584 g/mol. The summed E-state index contributed by atoms with van der Waals surface area (Å²) >= 11 is 6.09. The van der Waals surface area contributed by atoms with Gasteiger partial charge in [-0.2, -0.15) is 9.97 Å². The van der Waals surface area contributed by atoms with E-state index in [9.17, 15) is 19.5 Å². The molecule has 2 aromatic rings. The summed E-state index contributed by atoms with van der Waals surface area (Å²) in [7, 11) is 0. The van der Waals surface area contributed by atoms with Crippen LogP contribution in [0.15, 0.2) is 11.4 Å². The maximum absolute atomic E-state index is 12.3. The Bertz CT molecular complexity index is 1280. The molecule has 0 aromatic carbocycles. The van der Waals surface area contributed by atoms with E-state index in [1.165, 1.54) is 10.9 Å². The van der Waals surface area contributed by atoms with E-state index in [1.54, 1.807) is 34.6 Å². The Morgan fingerprint density at radius 3 is 2.48 bits per heavy atom. The van der Waals surface area contributed by atoms with Gasteiger partial charge in [0.1, 0.15) is 24.0 Å². The van der Waals surface area contributed by atoms with Gasteiger partial charge < -0.3 is 28.8 Å². The number of nitrogens with one attached hydrogen (secondary N) is 1. The van der Waals surface area contributed by atoms with E-state index < -0.39 is 60.8 Å². The first-order valence-corrected chi connectivity index (χ1v) is 12.5. The van der Waals surface area contributed by atoms with Crippen LogP contribution in [-0.4, -0.2) is 92.4 Å². The Labute approximate surface area is 232 Å². The number of nitrogens with zero attached hydrogens (tertiary/aromatic N) is 7. The van der Waals surface area contributed by atoms with Crippen LogP contribution in [0.1, 0.15) is 40.8 Å². The Hall–Kier alpha value is -3.76. The van der Waals surface area contributed by atoms with Crippen LogP contribution in [0.3, 0.4) is 0 Å². The van der Waals surface area contributed by atoms with E-state index in [1.807, 2.05) is 0 Å². The van der Waals surface area contributed by atoms with Gasteiger partial charge in [0.25, 0.3) is 6.10 Å². The Balaban J connectivity index is 1.89. The van der Waals surface area contributed by atoms with Crippen LogP contribution in [0.4, 0.5) is 10.6 Å². The van der Waals surface area contributed by atoms with E-state index in [2.05, 4.69) is 30.3 Å². The highest BCUT2D eigenvalue weighted by molar-refractivity contribution is 6.28. The summed E-state index contributed by atoms with van der Waals surface area (Å²) in [6, 6.07) is -1.23. The largest absolute Gasteiger partial charge is 0.464 e. The number of esters is 2. The molecule has 1 amide bonds. The molecule has 18 heteroatoms. The average molecular weight is 585 g/mol. The molecule has 0 saturated carbocycles. The van der Waals surface area contributed by atoms with Crippen molar-refractivity contribution >= 4 is 46.6 Å². The van der Waals surface area contributed by atoms with Crippen LogP contribution in [0.5, 0.6) is 0 Å². The van der Waals surface area contributed by atoms with Crippen LogP contribution in [0, 0.1) is 0 Å². The highest BCUT2D eigenvalue weighted by Crippen LogP contribution is 2.35. The number of aliphatic hydroxyl groups excluding tert-OH is 1. The summed E-state index contributed by atoms with van der Waals surface area (Å²) < 4.78 is 27.6. The zero-order chi connectivity index (χ0) is 29.6. The molecule has 1 saturated heterocycles. The number of anilines is 1. The van der Waals surface area contributed by atoms with Gasteiger partial charge in [0.2, 0.25) is 5.28 Å². The molecular weight excluding hydrogens is 556 g/mol. The lowest BCUT2D eigenvalue weighted by Gasteiger charge is -2.20. The number of aromatic nitrogens is 4. The third-order valence-electron chi connectivity index (χ3n) is 5.24. The number of carbonyl (C=O) groups excluding carboxylic acids is 3. The summed E-state index contributed by atoms with van der Waals surface area (Å²) in [6.07, 6.45) is -5.09. The third kappa shape index (κ3) is 7.25. The van der Waals surface area contributed by atoms with Crippen LogP contribution < -0.4 is 5.32 Å². The van der Waals surface area contributed by atoms with E-state index in [4.69, 9.17) is 40.8 Å². The second-order valence-corrected chi connectivity index (χ2v) is 9.60. The average Bonchev–Trinajstić information content (AvgIpc) is 3.40. The Morgan fingerprint density at radius 1 is 1.25 bits per heavy atom. The molecule has 3 rings (SSSR count). The lowest BCUT2D eigenvalue weighted by atomic mass is 10.1. The first-order valence-electron chi connectivity index (χ1n) is 12.1. The fourth-order valence-corrected chi connectivity index (χ4v) is 3.87. The van der Waals surface area contributed by atoms with Gasteiger partial charge in [-0.25, -0.2) is 19.4 Å². The first kappa shape index (κ1) is 30.8. The first-order chi connectivity index (χ1) is 18.9. The number of rotatable bonds is 10. The van der Waals surface area contributed by atoms with E-state index in [0.717, 1.165) is 0 Å². The zero-order valence-electron chi connectivity index (χ0n) is 22.3. The van der Waals surface area contributed by atoms with Crippen LogP contribution in [0.2, 0.25) is 5.28 Å². The van der Waals surface area contributed by atoms with Crippen LogP contribution in [-0.2, 0) is 33.3 Å². The van der Waals surface area contributed by atoms with Gasteiger partial charge >= 0.3 is 18.0 Å². The minimum atomic E-state index is -1.73. The number of azide groups is 1. The van der Waals surface area contributed by atoms with E-state index in [0.29, 0.717) is 0 Å². The maximum atomic E-state index is 12.3. The lowest BCUT2D eigenvalue weighted by Crippen LogP contribution is -2.40. The maximum Gasteiger partial charge on any atom is 0.413 e. The Kier molecular flexibility index (Phi) is 10.1. The van der Waals surface area contributed by atoms with Crippen molar-refractivity contribution in [3.05, 3.63) is 22.1 Å². The fourth-order valence-electron chi connectivity index (χ4n) is 3.70. The molecule has 1 aliphatic rings. The quantitative estimate of drug-likeness (QED) is 0.0780. The summed E-state index contributed by atoms with van der Waals surface area (Å²) in [4.78, 5) is 51.9. The van der Waals surface area contributed by atoms with Gasteiger partial charge in [0.15, 0.2) is 17.0 Å². The van der Waals surface area contributed by atoms with Crippen molar-refractivity contribution in [2.45, 2.75) is 70.8 Å². The van der Waals surface area contributed by atoms with Gasteiger partial charge in [-0.05, 0) is 51.8 Å². The number of ether oxygens (including phenoxy) is 5. The molecule has 218 valence electrons. The molecule has 2 N–H and O–H groups in total. The molecule has 0 aliphatic carbocycles. The van der Waals surface area contributed by atoms with Crippen LogP contribution in [0.25, 0.3) is 21.6 Å². The van der Waals surface area contributed by atoms with Crippen LogP contribution >= 0.6 is 11.6 Å². The Morgan fingerprint density at radius 2 is 1.90 bits per heavy atom. The number of hydrogen-bond acceptors (Lipinski definition) is 13. The van der Waals surface area contributed by atoms with Crippen molar-refractivity contribution in [3.63, 3.8) is 0 Å². The lowest BCUT2D eigenvalue weighted by molar-refractivity contribution is -0.177. The molecule has 3 heterocycles. The van der Waals surface area contributed by atoms with Crippen molar-refractivity contribution in [1.29, 1.82) is 0 Å². The molecule has 1 fully saturated rings. The number of aliphatic hydroxyl groups is 1. The third-order valence-corrected chi connectivity index (χ3v) is 5.41. The number of imidazole rings is 1. The number of amides is 1. The molecule has 1 unspecified atom stereocenters. The summed E-state index contributed by atoms with van der Waals surface area (Å²) in [5.41, 5.74) is 8.50. The van der Waals surface area contributed by atoms with Crippen molar-refractivity contribution < 1.29 is 43.2 Å². The summed E-state index contributed by atoms with van der Waals surface area (Å²) in [5.74, 6) is -2.02. The summed E-state index contributed by atoms with van der Waals surface area (Å²) in [6.45, 7) is 7.66. The molecule has 0 radical (unpaired) electrons. The molecule has 17 nitrogen and oxygen atoms in total. The molecule has 1 aliphatic heterocycles. The number of fused-ring (bicyclic) bond motifs is 1. The predicted octanol–water partition coefficient (Wildman–Crippen LogP) is 2.28. The second kappa shape index (κ2) is 13.1. The molecular formula is C22H29ClN8O9. The standard InChI is InChI=1S/C22H29ClN8O9/c1-6-36-18(33)14(19(34)37-7-2)38-8-10-13(32)11(29-30-24)17(39-10)31-9-25-12-15(26-20(23)28-16(12)31)27-21(35)40-22(3,4)5/h9-11,13-14,17,32H,6-8H2,1-5H3,(H,26,27,28,35)/t10-,11?,13-,17-/m1/s1. The molecule has 40 heavy (non-hydrogen) atoms. The number of halogens is 1. The van der Waals surface area contributed by atoms with Gasteiger partial charge in [-0.15, -0.1) is 0 Å². The number of carbonyl (C=O) groups is 3. The predicted molar refractivity (Wildman–Crippen MR) is 136 cm³/mol. The van der Waals surface area contributed by atoms with Gasteiger partial charge in [-0.3, -0.25) is 9.88 Å².